The molecule has 3 N–H and O–H groups in total. The molecule has 0 fully saturated rings. The molecular formula is C22H20F3N3O4. The first-order valence-corrected chi connectivity index (χ1v) is 9.52. The number of nitrogens with one attached hydrogen (secondary N) is 1. The van der Waals surface area contributed by atoms with Crippen LogP contribution >= 0.6 is 0 Å². The van der Waals surface area contributed by atoms with Crippen LogP contribution in [0.4, 0.5) is 13.2 Å². The molecule has 1 aromatic heterocycles. The standard InChI is InChI=1S/C22H20F3N3O4/c1-12-6-7-13(2)18(8-12)28-19(29)10-17(27-28)21(32)26-16(11-20(30)31)14-4-3-5-15(9-14)22(23,24)25/h3-10,16,29H,11H2,1-2H3,(H,26,32)(H,30,31). The Kier molecular flexibility index (Phi) is 6.24. The monoisotopic (exact) mass is 447 g/mol. The third kappa shape index (κ3) is 5.08. The number of carbonyl (C=O) groups excluding carboxylic acids is 1. The van der Waals surface area contributed by atoms with Gasteiger partial charge in [0.05, 0.1) is 23.7 Å². The highest BCUT2D eigenvalue weighted by atomic mass is 19.4. The van der Waals surface area contributed by atoms with Gasteiger partial charge in [0.1, 0.15) is 0 Å². The average molecular weight is 447 g/mol. The molecule has 0 saturated heterocycles. The normalized spacial score (nSPS) is 12.4. The molecule has 1 heterocycles. The van der Waals surface area contributed by atoms with Crippen LogP contribution in [-0.2, 0) is 11.0 Å². The van der Waals surface area contributed by atoms with Gasteiger partial charge in [-0.3, -0.25) is 9.59 Å². The second kappa shape index (κ2) is 8.74. The van der Waals surface area contributed by atoms with E-state index in [-0.39, 0.29) is 17.1 Å². The highest BCUT2D eigenvalue weighted by Gasteiger charge is 2.31. The fourth-order valence-electron chi connectivity index (χ4n) is 3.20. The van der Waals surface area contributed by atoms with Crippen molar-refractivity contribution in [2.24, 2.45) is 0 Å². The van der Waals surface area contributed by atoms with E-state index in [9.17, 15) is 33.0 Å². The fraction of sp³-hybridized carbons (Fsp3) is 0.227. The Bertz CT molecular complexity index is 1170. The molecule has 32 heavy (non-hydrogen) atoms. The molecule has 3 rings (SSSR count). The van der Waals surface area contributed by atoms with E-state index in [0.717, 1.165) is 40.1 Å². The van der Waals surface area contributed by atoms with Gasteiger partial charge in [-0.05, 0) is 48.7 Å². The second-order valence-electron chi connectivity index (χ2n) is 7.34. The van der Waals surface area contributed by atoms with Gasteiger partial charge < -0.3 is 15.5 Å². The summed E-state index contributed by atoms with van der Waals surface area (Å²) < 4.78 is 40.3. The topological polar surface area (TPSA) is 104 Å². The number of nitrogens with zero attached hydrogens (tertiary/aromatic N) is 2. The molecule has 0 saturated carbocycles. The van der Waals surface area contributed by atoms with Crippen LogP contribution in [0.5, 0.6) is 5.88 Å². The number of rotatable bonds is 6. The number of carboxylic acids is 1. The number of alkyl halides is 3. The number of amides is 1. The number of hydrogen-bond donors (Lipinski definition) is 3. The molecule has 168 valence electrons. The molecule has 10 heteroatoms. The van der Waals surface area contributed by atoms with Crippen LogP contribution in [-0.4, -0.2) is 31.9 Å². The van der Waals surface area contributed by atoms with Gasteiger partial charge in [-0.15, -0.1) is 0 Å². The smallest absolute Gasteiger partial charge is 0.416 e. The Morgan fingerprint density at radius 2 is 1.84 bits per heavy atom. The van der Waals surface area contributed by atoms with Gasteiger partial charge in [-0.1, -0.05) is 24.3 Å². The van der Waals surface area contributed by atoms with Crippen LogP contribution in [0.3, 0.4) is 0 Å². The highest BCUT2D eigenvalue weighted by Crippen LogP contribution is 2.31. The van der Waals surface area contributed by atoms with E-state index in [1.807, 2.05) is 19.1 Å². The summed E-state index contributed by atoms with van der Waals surface area (Å²) in [6.07, 6.45) is -5.26. The summed E-state index contributed by atoms with van der Waals surface area (Å²) in [6, 6.07) is 9.40. The summed E-state index contributed by atoms with van der Waals surface area (Å²) in [6.45, 7) is 3.65. The van der Waals surface area contributed by atoms with Crippen molar-refractivity contribution in [1.82, 2.24) is 15.1 Å². The quantitative estimate of drug-likeness (QED) is 0.526. The number of benzene rings is 2. The van der Waals surface area contributed by atoms with Crippen LogP contribution < -0.4 is 5.32 Å². The summed E-state index contributed by atoms with van der Waals surface area (Å²) in [5, 5.41) is 25.9. The predicted octanol–water partition coefficient (Wildman–Crippen LogP) is 4.16. The van der Waals surface area contributed by atoms with Crippen molar-refractivity contribution in [2.45, 2.75) is 32.5 Å². The lowest BCUT2D eigenvalue weighted by Crippen LogP contribution is -2.30. The van der Waals surface area contributed by atoms with E-state index in [0.29, 0.717) is 5.69 Å². The lowest BCUT2D eigenvalue weighted by atomic mass is 10.0. The number of carboxylic acid groups (broad SMARTS) is 1. The second-order valence-corrected chi connectivity index (χ2v) is 7.34. The minimum atomic E-state index is -4.62. The van der Waals surface area contributed by atoms with Crippen molar-refractivity contribution < 1.29 is 33.0 Å². The van der Waals surface area contributed by atoms with Crippen LogP contribution in [0.25, 0.3) is 5.69 Å². The average Bonchev–Trinajstić information content (AvgIpc) is 3.10. The third-order valence-electron chi connectivity index (χ3n) is 4.82. The Morgan fingerprint density at radius 1 is 1.12 bits per heavy atom. The van der Waals surface area contributed by atoms with Gasteiger partial charge in [0, 0.05) is 6.07 Å². The predicted molar refractivity (Wildman–Crippen MR) is 109 cm³/mol. The minimum Gasteiger partial charge on any atom is -0.493 e. The Morgan fingerprint density at radius 3 is 2.50 bits per heavy atom. The molecule has 0 aliphatic rings. The Balaban J connectivity index is 1.91. The van der Waals surface area contributed by atoms with E-state index in [2.05, 4.69) is 10.4 Å². The number of carbonyl (C=O) groups is 2. The molecule has 0 radical (unpaired) electrons. The van der Waals surface area contributed by atoms with Gasteiger partial charge in [-0.25, -0.2) is 4.68 Å². The van der Waals surface area contributed by atoms with E-state index in [1.54, 1.807) is 13.0 Å². The Labute approximate surface area is 181 Å². The van der Waals surface area contributed by atoms with Gasteiger partial charge >= 0.3 is 12.1 Å². The molecule has 0 aliphatic heterocycles. The Hall–Kier alpha value is -3.82. The molecule has 1 atom stereocenters. The summed E-state index contributed by atoms with van der Waals surface area (Å²) in [5.41, 5.74) is 1.03. The lowest BCUT2D eigenvalue weighted by Gasteiger charge is -2.18. The first-order valence-electron chi connectivity index (χ1n) is 9.52. The molecule has 0 spiro atoms. The largest absolute Gasteiger partial charge is 0.493 e. The maximum atomic E-state index is 13.0. The van der Waals surface area contributed by atoms with Crippen LogP contribution in [0.2, 0.25) is 0 Å². The number of aromatic hydroxyl groups is 1. The molecule has 0 bridgehead atoms. The first-order chi connectivity index (χ1) is 15.0. The zero-order chi connectivity index (χ0) is 23.6. The zero-order valence-corrected chi connectivity index (χ0v) is 17.1. The van der Waals surface area contributed by atoms with Crippen molar-refractivity contribution in [2.75, 3.05) is 0 Å². The van der Waals surface area contributed by atoms with E-state index in [1.165, 1.54) is 6.07 Å². The summed E-state index contributed by atoms with van der Waals surface area (Å²) >= 11 is 0. The van der Waals surface area contributed by atoms with Crippen molar-refractivity contribution in [3.05, 3.63) is 76.5 Å². The van der Waals surface area contributed by atoms with Gasteiger partial charge in [0.25, 0.3) is 5.91 Å². The van der Waals surface area contributed by atoms with E-state index < -0.39 is 36.1 Å². The number of aryl methyl sites for hydroxylation is 2. The van der Waals surface area contributed by atoms with Crippen molar-refractivity contribution in [3.63, 3.8) is 0 Å². The van der Waals surface area contributed by atoms with Crippen molar-refractivity contribution in [1.29, 1.82) is 0 Å². The van der Waals surface area contributed by atoms with Crippen LogP contribution in [0, 0.1) is 13.8 Å². The van der Waals surface area contributed by atoms with Gasteiger partial charge in [0.2, 0.25) is 5.88 Å². The van der Waals surface area contributed by atoms with Crippen molar-refractivity contribution >= 4 is 11.9 Å². The third-order valence-corrected chi connectivity index (χ3v) is 4.82. The first kappa shape index (κ1) is 22.9. The van der Waals surface area contributed by atoms with Crippen LogP contribution in [0.15, 0.2) is 48.5 Å². The van der Waals surface area contributed by atoms with Gasteiger partial charge in [0.15, 0.2) is 5.69 Å². The highest BCUT2D eigenvalue weighted by molar-refractivity contribution is 5.93. The maximum Gasteiger partial charge on any atom is 0.416 e. The van der Waals surface area contributed by atoms with Gasteiger partial charge in [-0.2, -0.15) is 18.3 Å². The minimum absolute atomic E-state index is 0.0197. The summed E-state index contributed by atoms with van der Waals surface area (Å²) in [4.78, 5) is 24.0. The van der Waals surface area contributed by atoms with E-state index >= 15 is 0 Å². The number of aromatic nitrogens is 2. The van der Waals surface area contributed by atoms with Crippen LogP contribution in [0.1, 0.15) is 45.2 Å². The molecule has 3 aromatic rings. The molecule has 1 amide bonds. The lowest BCUT2D eigenvalue weighted by molar-refractivity contribution is -0.138. The number of hydrogen-bond acceptors (Lipinski definition) is 4. The summed E-state index contributed by atoms with van der Waals surface area (Å²) in [7, 11) is 0. The molecule has 7 nitrogen and oxygen atoms in total. The fourth-order valence-corrected chi connectivity index (χ4v) is 3.20. The van der Waals surface area contributed by atoms with E-state index in [4.69, 9.17) is 0 Å². The number of halogens is 3. The van der Waals surface area contributed by atoms with Crippen molar-refractivity contribution in [3.8, 4) is 11.6 Å². The summed E-state index contributed by atoms with van der Waals surface area (Å²) in [5.74, 6) is -2.47. The SMILES string of the molecule is Cc1ccc(C)c(-n2nc(C(=O)NC(CC(=O)O)c3cccc(C(F)(F)F)c3)cc2O)c1. The number of aliphatic carboxylic acids is 1. The molecule has 0 aliphatic carbocycles. The molecule has 2 aromatic carbocycles. The molecular weight excluding hydrogens is 427 g/mol. The maximum absolute atomic E-state index is 13.0. The molecule has 1 unspecified atom stereocenters. The zero-order valence-electron chi connectivity index (χ0n) is 17.1.